The summed E-state index contributed by atoms with van der Waals surface area (Å²) in [6.45, 7) is 7.39. The summed E-state index contributed by atoms with van der Waals surface area (Å²) in [5, 5.41) is 0. The smallest absolute Gasteiger partial charge is 0.343 e. The summed E-state index contributed by atoms with van der Waals surface area (Å²) in [6, 6.07) is 12.2. The lowest BCUT2D eigenvalue weighted by Crippen LogP contribution is -3.00. The van der Waals surface area contributed by atoms with E-state index < -0.39 is 0 Å². The number of aryl methyl sites for hydroxylation is 1. The molecule has 0 spiro atoms. The molecule has 0 N–H and O–H groups in total. The van der Waals surface area contributed by atoms with Crippen LogP contribution in [-0.2, 0) is 22.5 Å². The van der Waals surface area contributed by atoms with Crippen molar-refractivity contribution in [2.24, 2.45) is 5.92 Å². The number of carbonyl (C=O) groups excluding carboxylic acids is 2. The van der Waals surface area contributed by atoms with Gasteiger partial charge in [0.1, 0.15) is 17.9 Å². The van der Waals surface area contributed by atoms with Crippen LogP contribution >= 0.6 is 0 Å². The Morgan fingerprint density at radius 1 is 0.909 bits per heavy atom. The molecule has 1 unspecified atom stereocenters. The topological polar surface area (TPSA) is 47.2 Å². The van der Waals surface area contributed by atoms with E-state index in [1.807, 2.05) is 30.0 Å². The summed E-state index contributed by atoms with van der Waals surface area (Å²) in [7, 11) is 1.40. The highest BCUT2D eigenvalue weighted by molar-refractivity contribution is 5.88. The number of halogens is 1. The fourth-order valence-electron chi connectivity index (χ4n) is 4.02. The van der Waals surface area contributed by atoms with Gasteiger partial charge in [0.2, 0.25) is 0 Å². The Labute approximate surface area is 217 Å². The van der Waals surface area contributed by atoms with E-state index in [-0.39, 0.29) is 35.9 Å². The number of nitrogens with zero attached hydrogens (tertiary/aromatic N) is 1. The first kappa shape index (κ1) is 29.3. The van der Waals surface area contributed by atoms with Gasteiger partial charge < -0.3 is 28.7 Å². The maximum absolute atomic E-state index is 12.6. The second-order valence-corrected chi connectivity index (χ2v) is 9.22. The zero-order valence-corrected chi connectivity index (χ0v) is 22.8. The standard InChI is InChI=1S/C28H40NO3.HI/c1-22(2)20-24-14-16-25(17-15-24)23(3)27(30)13-9-7-5-6-8-10-18-29-19-11-12-26(21-29)28(31)32-4;/h11-12,14-17,19,21-23H,5-10,13,18,20H2,1-4H3;1H/q+1;/p-1. The lowest BCUT2D eigenvalue weighted by molar-refractivity contribution is -0.697. The Morgan fingerprint density at radius 2 is 1.55 bits per heavy atom. The summed E-state index contributed by atoms with van der Waals surface area (Å²) in [4.78, 5) is 24.2. The minimum Gasteiger partial charge on any atom is -1.00 e. The molecule has 0 aliphatic rings. The van der Waals surface area contributed by atoms with Crippen molar-refractivity contribution >= 4 is 11.8 Å². The number of hydrogen-bond donors (Lipinski definition) is 0. The maximum Gasteiger partial charge on any atom is 0.343 e. The molecule has 0 amide bonds. The Balaban J connectivity index is 0.00000544. The van der Waals surface area contributed by atoms with Gasteiger partial charge in [-0.25, -0.2) is 9.36 Å². The lowest BCUT2D eigenvalue weighted by Gasteiger charge is -2.12. The van der Waals surface area contributed by atoms with Crippen molar-refractivity contribution in [3.8, 4) is 0 Å². The molecule has 1 heterocycles. The van der Waals surface area contributed by atoms with Crippen molar-refractivity contribution in [3.05, 3.63) is 65.5 Å². The number of ketones is 1. The van der Waals surface area contributed by atoms with E-state index in [1.165, 1.54) is 25.5 Å². The van der Waals surface area contributed by atoms with Gasteiger partial charge in [-0.1, -0.05) is 64.3 Å². The normalized spacial score (nSPS) is 11.7. The number of pyridine rings is 1. The van der Waals surface area contributed by atoms with Crippen molar-refractivity contribution < 1.29 is 42.9 Å². The largest absolute Gasteiger partial charge is 1.00 e. The Bertz CT molecular complexity index is 848. The summed E-state index contributed by atoms with van der Waals surface area (Å²) in [5.41, 5.74) is 3.06. The summed E-state index contributed by atoms with van der Waals surface area (Å²) < 4.78 is 6.81. The first-order valence-corrected chi connectivity index (χ1v) is 12.1. The number of carbonyl (C=O) groups is 2. The molecule has 182 valence electrons. The average Bonchev–Trinajstić information content (AvgIpc) is 2.80. The van der Waals surface area contributed by atoms with Crippen LogP contribution in [0.25, 0.3) is 0 Å². The van der Waals surface area contributed by atoms with Gasteiger partial charge in [-0.3, -0.25) is 4.79 Å². The highest BCUT2D eigenvalue weighted by Gasteiger charge is 2.15. The molecule has 33 heavy (non-hydrogen) atoms. The molecule has 1 aromatic heterocycles. The third kappa shape index (κ3) is 10.8. The van der Waals surface area contributed by atoms with E-state index >= 15 is 0 Å². The molecule has 2 aromatic rings. The van der Waals surface area contributed by atoms with E-state index in [4.69, 9.17) is 4.74 Å². The van der Waals surface area contributed by atoms with E-state index in [9.17, 15) is 9.59 Å². The maximum atomic E-state index is 12.6. The van der Waals surface area contributed by atoms with E-state index in [0.717, 1.165) is 44.2 Å². The summed E-state index contributed by atoms with van der Waals surface area (Å²) in [6.07, 6.45) is 12.2. The molecule has 4 nitrogen and oxygen atoms in total. The molecule has 0 saturated carbocycles. The molecule has 0 bridgehead atoms. The summed E-state index contributed by atoms with van der Waals surface area (Å²) in [5.74, 6) is 0.687. The minimum absolute atomic E-state index is 0. The zero-order valence-electron chi connectivity index (χ0n) is 20.7. The van der Waals surface area contributed by atoms with Crippen LogP contribution in [0.2, 0.25) is 0 Å². The molecule has 2 rings (SSSR count). The van der Waals surface area contributed by atoms with Gasteiger partial charge in [-0.05, 0) is 42.4 Å². The van der Waals surface area contributed by atoms with Gasteiger partial charge in [-0.15, -0.1) is 0 Å². The quantitative estimate of drug-likeness (QED) is 0.153. The van der Waals surface area contributed by atoms with Gasteiger partial charge in [0.15, 0.2) is 12.4 Å². The number of aromatic nitrogens is 1. The van der Waals surface area contributed by atoms with Crippen LogP contribution < -0.4 is 28.5 Å². The van der Waals surface area contributed by atoms with Crippen molar-refractivity contribution in [1.29, 1.82) is 0 Å². The SMILES string of the molecule is COC(=O)c1ccc[n+](CCCCCCCCC(=O)C(C)c2ccc(CC(C)C)cc2)c1.[I-]. The number of esters is 1. The second kappa shape index (κ2) is 16.0. The lowest BCUT2D eigenvalue weighted by atomic mass is 9.91. The Morgan fingerprint density at radius 3 is 2.18 bits per heavy atom. The number of rotatable bonds is 14. The summed E-state index contributed by atoms with van der Waals surface area (Å²) >= 11 is 0. The molecule has 0 aliphatic carbocycles. The fourth-order valence-corrected chi connectivity index (χ4v) is 4.02. The predicted octanol–water partition coefficient (Wildman–Crippen LogP) is 3.07. The molecular weight excluding hydrogens is 525 g/mol. The molecule has 0 fully saturated rings. The molecular formula is C28H40INO3. The number of ether oxygens (including phenoxy) is 1. The number of Topliss-reactive ketones (excluding diaryl/α,β-unsaturated/α-hetero) is 1. The predicted molar refractivity (Wildman–Crippen MR) is 129 cm³/mol. The number of hydrogen-bond acceptors (Lipinski definition) is 3. The fraction of sp³-hybridized carbons (Fsp3) is 0.536. The minimum atomic E-state index is -0.300. The zero-order chi connectivity index (χ0) is 23.3. The van der Waals surface area contributed by atoms with Crippen LogP contribution in [0.5, 0.6) is 0 Å². The molecule has 5 heteroatoms. The first-order chi connectivity index (χ1) is 15.4. The van der Waals surface area contributed by atoms with Crippen molar-refractivity contribution in [2.45, 2.75) is 84.6 Å². The van der Waals surface area contributed by atoms with Crippen LogP contribution in [-0.4, -0.2) is 18.9 Å². The third-order valence-electron chi connectivity index (χ3n) is 5.98. The van der Waals surface area contributed by atoms with E-state index in [1.54, 1.807) is 6.07 Å². The Hall–Kier alpha value is -1.76. The molecule has 0 radical (unpaired) electrons. The Kier molecular flexibility index (Phi) is 14.2. The van der Waals surface area contributed by atoms with E-state index in [2.05, 4.69) is 38.1 Å². The highest BCUT2D eigenvalue weighted by Crippen LogP contribution is 2.21. The molecule has 0 saturated heterocycles. The van der Waals surface area contributed by atoms with Crippen LogP contribution in [0.1, 0.15) is 93.1 Å². The van der Waals surface area contributed by atoms with Crippen LogP contribution in [0.15, 0.2) is 48.8 Å². The number of benzene rings is 1. The molecule has 0 aliphatic heterocycles. The molecule has 1 aromatic carbocycles. The van der Waals surface area contributed by atoms with Crippen molar-refractivity contribution in [2.75, 3.05) is 7.11 Å². The highest BCUT2D eigenvalue weighted by atomic mass is 127. The van der Waals surface area contributed by atoms with Crippen LogP contribution in [0.4, 0.5) is 0 Å². The van der Waals surface area contributed by atoms with Gasteiger partial charge in [0.05, 0.1) is 7.11 Å². The second-order valence-electron chi connectivity index (χ2n) is 9.22. The number of methoxy groups -OCH3 is 1. The van der Waals surface area contributed by atoms with E-state index in [0.29, 0.717) is 23.7 Å². The number of unbranched alkanes of at least 4 members (excludes halogenated alkanes) is 5. The van der Waals surface area contributed by atoms with Gasteiger partial charge >= 0.3 is 5.97 Å². The average molecular weight is 566 g/mol. The van der Waals surface area contributed by atoms with Gasteiger partial charge in [0, 0.05) is 24.8 Å². The third-order valence-corrected chi connectivity index (χ3v) is 5.98. The molecule has 1 atom stereocenters. The monoisotopic (exact) mass is 565 g/mol. The van der Waals surface area contributed by atoms with Crippen molar-refractivity contribution in [3.63, 3.8) is 0 Å². The van der Waals surface area contributed by atoms with Crippen LogP contribution in [0, 0.1) is 5.92 Å². The van der Waals surface area contributed by atoms with Gasteiger partial charge in [0.25, 0.3) is 0 Å². The van der Waals surface area contributed by atoms with Crippen LogP contribution in [0.3, 0.4) is 0 Å². The van der Waals surface area contributed by atoms with Crippen molar-refractivity contribution in [1.82, 2.24) is 0 Å². The first-order valence-electron chi connectivity index (χ1n) is 12.1. The van der Waals surface area contributed by atoms with Gasteiger partial charge in [-0.2, -0.15) is 0 Å².